The van der Waals surface area contributed by atoms with Gasteiger partial charge in [0.25, 0.3) is 0 Å². The molecule has 0 radical (unpaired) electrons. The summed E-state index contributed by atoms with van der Waals surface area (Å²) in [5.41, 5.74) is 2.36. The van der Waals surface area contributed by atoms with Gasteiger partial charge in [-0.15, -0.1) is 0 Å². The fourth-order valence-electron chi connectivity index (χ4n) is 2.00. The van der Waals surface area contributed by atoms with E-state index in [2.05, 4.69) is 38.1 Å². The van der Waals surface area contributed by atoms with E-state index in [-0.39, 0.29) is 0 Å². The molecule has 0 aliphatic rings. The van der Waals surface area contributed by atoms with Crippen molar-refractivity contribution in [1.82, 2.24) is 0 Å². The van der Waals surface area contributed by atoms with Gasteiger partial charge in [0.05, 0.1) is 0 Å². The van der Waals surface area contributed by atoms with Crippen LogP contribution in [0.15, 0.2) is 48.5 Å². The van der Waals surface area contributed by atoms with Gasteiger partial charge in [-0.1, -0.05) is 0 Å². The monoisotopic (exact) mass is 326 g/mol. The van der Waals surface area contributed by atoms with Gasteiger partial charge in [0.2, 0.25) is 0 Å². The van der Waals surface area contributed by atoms with Gasteiger partial charge in [0.15, 0.2) is 0 Å². The Labute approximate surface area is 113 Å². The molecule has 0 nitrogen and oxygen atoms in total. The van der Waals surface area contributed by atoms with Crippen LogP contribution in [0.5, 0.6) is 0 Å². The normalized spacial score (nSPS) is 11.5. The van der Waals surface area contributed by atoms with Gasteiger partial charge < -0.3 is 0 Å². The molecule has 88 valence electrons. The zero-order valence-electron chi connectivity index (χ0n) is 9.87. The van der Waals surface area contributed by atoms with Crippen molar-refractivity contribution in [2.75, 3.05) is 0 Å². The zero-order chi connectivity index (χ0) is 12.5. The molecule has 0 heterocycles. The number of hydrogen-bond donors (Lipinski definition) is 0. The van der Waals surface area contributed by atoms with Gasteiger partial charge in [-0.25, -0.2) is 0 Å². The van der Waals surface area contributed by atoms with Gasteiger partial charge in [-0.3, -0.25) is 0 Å². The van der Waals surface area contributed by atoms with Crippen LogP contribution in [-0.4, -0.2) is 11.4 Å². The Kier molecular flexibility index (Phi) is 3.86. The average Bonchev–Trinajstić information content (AvgIpc) is 2.29. The van der Waals surface area contributed by atoms with E-state index in [1.165, 1.54) is 11.1 Å². The molecule has 2 rings (SSSR count). The summed E-state index contributed by atoms with van der Waals surface area (Å²) in [4.78, 5) is 0. The van der Waals surface area contributed by atoms with E-state index < -0.39 is 11.4 Å². The van der Waals surface area contributed by atoms with E-state index in [0.29, 0.717) is 0 Å². The molecule has 17 heavy (non-hydrogen) atoms. The molecule has 0 atom stereocenters. The van der Waals surface area contributed by atoms with Gasteiger partial charge in [0.1, 0.15) is 0 Å². The minimum absolute atomic E-state index is 1.13. The van der Waals surface area contributed by atoms with Gasteiger partial charge in [-0.05, 0) is 0 Å². The number of rotatable bonds is 2. The third kappa shape index (κ3) is 2.54. The second-order valence-electron chi connectivity index (χ2n) is 4.20. The molecule has 0 fully saturated rings. The summed E-state index contributed by atoms with van der Waals surface area (Å²) < 4.78 is 2.26. The summed E-state index contributed by atoms with van der Waals surface area (Å²) in [6.07, 6.45) is 0. The van der Waals surface area contributed by atoms with E-state index in [1.807, 2.05) is 24.3 Å². The first-order valence-electron chi connectivity index (χ1n) is 5.53. The Bertz CT molecular complexity index is 488. The van der Waals surface area contributed by atoms with Crippen LogP contribution in [0.4, 0.5) is 0 Å². The van der Waals surface area contributed by atoms with Crippen molar-refractivity contribution in [1.29, 1.82) is 0 Å². The van der Waals surface area contributed by atoms with Crippen LogP contribution in [0.25, 0.3) is 0 Å². The molecule has 0 unspecified atom stereocenters. The predicted molar refractivity (Wildman–Crippen MR) is 79.1 cm³/mol. The molecule has 2 aromatic carbocycles. The van der Waals surface area contributed by atoms with E-state index in [0.717, 1.165) is 8.79 Å². The topological polar surface area (TPSA) is 0 Å². The summed E-state index contributed by atoms with van der Waals surface area (Å²) in [6, 6.07) is 16.3. The molecule has 0 saturated heterocycles. The van der Waals surface area contributed by atoms with Crippen LogP contribution in [0.1, 0.15) is 11.1 Å². The Morgan fingerprint density at radius 2 is 1.06 bits per heavy atom. The summed E-state index contributed by atoms with van der Waals surface area (Å²) in [5.74, 6) is 0. The summed E-state index contributed by atoms with van der Waals surface area (Å²) in [5, 5.41) is 0. The molecule has 0 aliphatic heterocycles. The SMILES string of the molecule is Cc1cccc[c]1[Ge]([Cl])([Cl])[c]1ccccc1C. The molecular weight excluding hydrogens is 312 g/mol. The molecule has 0 aliphatic carbocycles. The summed E-state index contributed by atoms with van der Waals surface area (Å²) in [6.45, 7) is 4.14. The van der Waals surface area contributed by atoms with Crippen LogP contribution in [0, 0.1) is 13.8 Å². The van der Waals surface area contributed by atoms with Crippen molar-refractivity contribution in [3.63, 3.8) is 0 Å². The molecule has 0 aromatic heterocycles. The number of aryl methyl sites for hydroxylation is 2. The van der Waals surface area contributed by atoms with E-state index >= 15 is 0 Å². The Hall–Kier alpha value is -0.437. The second kappa shape index (κ2) is 5.05. The standard InChI is InChI=1S/C14H14Cl2Ge/c1-11-7-3-5-9-13(11)17(15,16)14-10-6-4-8-12(14)2/h3-10H,1-2H3. The van der Waals surface area contributed by atoms with Crippen molar-refractivity contribution >= 4 is 40.2 Å². The minimum atomic E-state index is -3.16. The molecule has 0 N–H and O–H groups in total. The zero-order valence-corrected chi connectivity index (χ0v) is 13.5. The van der Waals surface area contributed by atoms with E-state index in [1.54, 1.807) is 0 Å². The molecular formula is C14H14Cl2Ge. The van der Waals surface area contributed by atoms with Crippen LogP contribution in [0.3, 0.4) is 0 Å². The maximum atomic E-state index is 6.75. The van der Waals surface area contributed by atoms with Crippen molar-refractivity contribution in [2.45, 2.75) is 13.8 Å². The molecule has 0 bridgehead atoms. The van der Waals surface area contributed by atoms with Gasteiger partial charge in [-0.2, -0.15) is 0 Å². The van der Waals surface area contributed by atoms with Crippen molar-refractivity contribution in [2.24, 2.45) is 0 Å². The number of benzene rings is 2. The van der Waals surface area contributed by atoms with E-state index in [9.17, 15) is 0 Å². The number of halogens is 2. The Morgan fingerprint density at radius 3 is 1.41 bits per heavy atom. The fourth-order valence-corrected chi connectivity index (χ4v) is 10.7. The fraction of sp³-hybridized carbons (Fsp3) is 0.143. The summed E-state index contributed by atoms with van der Waals surface area (Å²) in [7, 11) is 13.5. The molecule has 0 amide bonds. The number of hydrogen-bond acceptors (Lipinski definition) is 0. The van der Waals surface area contributed by atoms with Crippen LogP contribution >= 0.6 is 20.0 Å². The van der Waals surface area contributed by atoms with Crippen molar-refractivity contribution in [3.8, 4) is 0 Å². The Morgan fingerprint density at radius 1 is 0.706 bits per heavy atom. The molecule has 0 spiro atoms. The van der Waals surface area contributed by atoms with Crippen LogP contribution in [0.2, 0.25) is 0 Å². The van der Waals surface area contributed by atoms with Crippen molar-refractivity contribution < 1.29 is 0 Å². The predicted octanol–water partition coefficient (Wildman–Crippen LogP) is 3.34. The molecule has 0 saturated carbocycles. The molecule has 2 aromatic rings. The Balaban J connectivity index is 2.58. The quantitative estimate of drug-likeness (QED) is 0.743. The first-order valence-corrected chi connectivity index (χ1v) is 13.1. The van der Waals surface area contributed by atoms with Crippen LogP contribution < -0.4 is 8.79 Å². The first-order chi connectivity index (χ1) is 8.03. The van der Waals surface area contributed by atoms with Crippen molar-refractivity contribution in [3.05, 3.63) is 59.7 Å². The van der Waals surface area contributed by atoms with E-state index in [4.69, 9.17) is 20.0 Å². The average molecular weight is 326 g/mol. The third-order valence-electron chi connectivity index (χ3n) is 2.97. The molecule has 3 heteroatoms. The third-order valence-corrected chi connectivity index (χ3v) is 12.4. The summed E-state index contributed by atoms with van der Waals surface area (Å²) >= 11 is -3.16. The maximum absolute atomic E-state index is 6.75. The second-order valence-corrected chi connectivity index (χ2v) is 15.8. The van der Waals surface area contributed by atoms with Crippen LogP contribution in [-0.2, 0) is 0 Å². The van der Waals surface area contributed by atoms with Gasteiger partial charge in [0, 0.05) is 0 Å². The van der Waals surface area contributed by atoms with Gasteiger partial charge >= 0.3 is 114 Å². The first kappa shape index (κ1) is 13.0.